The van der Waals surface area contributed by atoms with Gasteiger partial charge in [0.25, 0.3) is 0 Å². The van der Waals surface area contributed by atoms with Gasteiger partial charge in [0, 0.05) is 6.04 Å². The highest BCUT2D eigenvalue weighted by atomic mass is 16.5. The van der Waals surface area contributed by atoms with Gasteiger partial charge in [0.1, 0.15) is 5.75 Å². The monoisotopic (exact) mass is 250 g/mol. The van der Waals surface area contributed by atoms with Gasteiger partial charge in [0.05, 0.1) is 19.3 Å². The number of hydrogen-bond acceptors (Lipinski definition) is 3. The van der Waals surface area contributed by atoms with Crippen LogP contribution in [-0.2, 0) is 4.79 Å². The van der Waals surface area contributed by atoms with Gasteiger partial charge in [0.15, 0.2) is 0 Å². The summed E-state index contributed by atoms with van der Waals surface area (Å²) in [4.78, 5) is 11.8. The van der Waals surface area contributed by atoms with E-state index in [1.54, 1.807) is 7.11 Å². The molecule has 1 atom stereocenters. The van der Waals surface area contributed by atoms with Gasteiger partial charge in [-0.1, -0.05) is 13.0 Å². The molecule has 0 fully saturated rings. The molecule has 4 heteroatoms. The second-order valence-electron chi connectivity index (χ2n) is 4.44. The van der Waals surface area contributed by atoms with Gasteiger partial charge < -0.3 is 15.4 Å². The maximum atomic E-state index is 11.8. The van der Waals surface area contributed by atoms with Crippen molar-refractivity contribution in [1.82, 2.24) is 5.32 Å². The molecule has 0 aromatic heterocycles. The fourth-order valence-electron chi connectivity index (χ4n) is 1.51. The van der Waals surface area contributed by atoms with Crippen molar-refractivity contribution in [3.8, 4) is 5.75 Å². The Bertz CT molecular complexity index is 405. The molecular formula is C14H22N2O2. The Morgan fingerprint density at radius 3 is 2.78 bits per heavy atom. The summed E-state index contributed by atoms with van der Waals surface area (Å²) in [5.41, 5.74) is 1.81. The normalized spacial score (nSPS) is 12.0. The molecule has 0 heterocycles. The molecule has 0 spiro atoms. The number of ether oxygens (including phenoxy) is 1. The fraction of sp³-hybridized carbons (Fsp3) is 0.500. The maximum Gasteiger partial charge on any atom is 0.238 e. The number of carbonyl (C=O) groups excluding carboxylic acids is 1. The predicted molar refractivity (Wildman–Crippen MR) is 74.1 cm³/mol. The second-order valence-corrected chi connectivity index (χ2v) is 4.44. The topological polar surface area (TPSA) is 50.4 Å². The number of aryl methyl sites for hydroxylation is 1. The van der Waals surface area contributed by atoms with E-state index in [0.29, 0.717) is 24.0 Å². The van der Waals surface area contributed by atoms with Crippen molar-refractivity contribution in [3.05, 3.63) is 23.8 Å². The third-order valence-electron chi connectivity index (χ3n) is 2.85. The molecule has 1 aromatic rings. The molecular weight excluding hydrogens is 228 g/mol. The van der Waals surface area contributed by atoms with E-state index < -0.39 is 0 Å². The van der Waals surface area contributed by atoms with Crippen molar-refractivity contribution in [2.45, 2.75) is 33.2 Å². The van der Waals surface area contributed by atoms with E-state index in [1.165, 1.54) is 0 Å². The highest BCUT2D eigenvalue weighted by Crippen LogP contribution is 2.24. The Balaban J connectivity index is 2.59. The summed E-state index contributed by atoms with van der Waals surface area (Å²) in [6.07, 6.45) is 1.00. The van der Waals surface area contributed by atoms with Crippen molar-refractivity contribution < 1.29 is 9.53 Å². The van der Waals surface area contributed by atoms with Crippen LogP contribution in [0, 0.1) is 6.92 Å². The van der Waals surface area contributed by atoms with Crippen molar-refractivity contribution in [2.75, 3.05) is 19.0 Å². The molecule has 0 aliphatic rings. The highest BCUT2D eigenvalue weighted by molar-refractivity contribution is 5.93. The van der Waals surface area contributed by atoms with Crippen LogP contribution in [0.1, 0.15) is 25.8 Å². The minimum atomic E-state index is -0.0579. The number of benzene rings is 1. The van der Waals surface area contributed by atoms with Crippen LogP contribution in [-0.4, -0.2) is 25.6 Å². The van der Waals surface area contributed by atoms with Crippen LogP contribution in [0.15, 0.2) is 18.2 Å². The smallest absolute Gasteiger partial charge is 0.238 e. The van der Waals surface area contributed by atoms with E-state index in [0.717, 1.165) is 12.0 Å². The van der Waals surface area contributed by atoms with Gasteiger partial charge in [-0.2, -0.15) is 0 Å². The number of amides is 1. The van der Waals surface area contributed by atoms with Gasteiger partial charge in [-0.25, -0.2) is 0 Å². The van der Waals surface area contributed by atoms with E-state index >= 15 is 0 Å². The molecule has 1 aromatic carbocycles. The lowest BCUT2D eigenvalue weighted by molar-refractivity contribution is -0.115. The first-order valence-corrected chi connectivity index (χ1v) is 6.24. The van der Waals surface area contributed by atoms with E-state index in [-0.39, 0.29) is 5.91 Å². The number of anilines is 1. The molecule has 100 valence electrons. The molecule has 0 aliphatic carbocycles. The van der Waals surface area contributed by atoms with Gasteiger partial charge in [-0.05, 0) is 38.0 Å². The van der Waals surface area contributed by atoms with Crippen molar-refractivity contribution in [1.29, 1.82) is 0 Å². The predicted octanol–water partition coefficient (Wildman–Crippen LogP) is 2.33. The molecule has 0 aliphatic heterocycles. The van der Waals surface area contributed by atoms with Gasteiger partial charge in [0.2, 0.25) is 5.91 Å². The Labute approximate surface area is 109 Å². The first-order valence-electron chi connectivity index (χ1n) is 6.24. The quantitative estimate of drug-likeness (QED) is 0.814. The third-order valence-corrected chi connectivity index (χ3v) is 2.85. The number of nitrogens with one attached hydrogen (secondary N) is 2. The molecule has 0 saturated carbocycles. The Hall–Kier alpha value is -1.55. The first kappa shape index (κ1) is 14.5. The standard InChI is InChI=1S/C14H22N2O2/c1-5-11(3)15-9-14(17)16-12-7-6-10(2)8-13(12)18-4/h6-8,11,15H,5,9H2,1-4H3,(H,16,17). The van der Waals surface area contributed by atoms with Crippen LogP contribution >= 0.6 is 0 Å². The van der Waals surface area contributed by atoms with Crippen molar-refractivity contribution in [2.24, 2.45) is 0 Å². The SMILES string of the molecule is CCC(C)NCC(=O)Nc1ccc(C)cc1OC. The van der Waals surface area contributed by atoms with Gasteiger partial charge in [-0.3, -0.25) is 4.79 Å². The first-order chi connectivity index (χ1) is 8.56. The van der Waals surface area contributed by atoms with Crippen molar-refractivity contribution in [3.63, 3.8) is 0 Å². The van der Waals surface area contributed by atoms with E-state index in [1.807, 2.05) is 25.1 Å². The van der Waals surface area contributed by atoms with E-state index in [9.17, 15) is 4.79 Å². The zero-order chi connectivity index (χ0) is 13.5. The molecule has 0 bridgehead atoms. The third kappa shape index (κ3) is 4.37. The van der Waals surface area contributed by atoms with Crippen LogP contribution in [0.5, 0.6) is 5.75 Å². The average molecular weight is 250 g/mol. The second kappa shape index (κ2) is 7.01. The average Bonchev–Trinajstić information content (AvgIpc) is 2.37. The summed E-state index contributed by atoms with van der Waals surface area (Å²) in [6.45, 7) is 6.43. The minimum Gasteiger partial charge on any atom is -0.495 e. The lowest BCUT2D eigenvalue weighted by Crippen LogP contribution is -2.34. The van der Waals surface area contributed by atoms with Crippen LogP contribution in [0.3, 0.4) is 0 Å². The molecule has 2 N–H and O–H groups in total. The molecule has 0 saturated heterocycles. The van der Waals surface area contributed by atoms with Gasteiger partial charge in [-0.15, -0.1) is 0 Å². The Morgan fingerprint density at radius 2 is 2.17 bits per heavy atom. The van der Waals surface area contributed by atoms with E-state index in [4.69, 9.17) is 4.74 Å². The Morgan fingerprint density at radius 1 is 1.44 bits per heavy atom. The zero-order valence-electron chi connectivity index (χ0n) is 11.5. The number of hydrogen-bond donors (Lipinski definition) is 2. The fourth-order valence-corrected chi connectivity index (χ4v) is 1.51. The summed E-state index contributed by atoms with van der Waals surface area (Å²) in [6, 6.07) is 6.04. The number of methoxy groups -OCH3 is 1. The van der Waals surface area contributed by atoms with Crippen LogP contribution < -0.4 is 15.4 Å². The van der Waals surface area contributed by atoms with Crippen molar-refractivity contribution >= 4 is 11.6 Å². The van der Waals surface area contributed by atoms with Crippen LogP contribution in [0.2, 0.25) is 0 Å². The Kier molecular flexibility index (Phi) is 5.65. The maximum absolute atomic E-state index is 11.8. The molecule has 1 amide bonds. The molecule has 18 heavy (non-hydrogen) atoms. The molecule has 1 rings (SSSR count). The van der Waals surface area contributed by atoms with Gasteiger partial charge >= 0.3 is 0 Å². The lowest BCUT2D eigenvalue weighted by Gasteiger charge is -2.13. The summed E-state index contributed by atoms with van der Waals surface area (Å²) >= 11 is 0. The molecule has 1 unspecified atom stereocenters. The van der Waals surface area contributed by atoms with Crippen LogP contribution in [0.25, 0.3) is 0 Å². The largest absolute Gasteiger partial charge is 0.495 e. The zero-order valence-corrected chi connectivity index (χ0v) is 11.5. The lowest BCUT2D eigenvalue weighted by atomic mass is 10.2. The minimum absolute atomic E-state index is 0.0579. The van der Waals surface area contributed by atoms with Crippen LogP contribution in [0.4, 0.5) is 5.69 Å². The molecule has 0 radical (unpaired) electrons. The van der Waals surface area contributed by atoms with E-state index in [2.05, 4.69) is 24.5 Å². The summed E-state index contributed by atoms with van der Waals surface area (Å²) in [5.74, 6) is 0.629. The number of carbonyl (C=O) groups is 1. The summed E-state index contributed by atoms with van der Waals surface area (Å²) in [7, 11) is 1.60. The highest BCUT2D eigenvalue weighted by Gasteiger charge is 2.08. The summed E-state index contributed by atoms with van der Waals surface area (Å²) in [5, 5.41) is 5.99. The molecule has 4 nitrogen and oxygen atoms in total. The summed E-state index contributed by atoms with van der Waals surface area (Å²) < 4.78 is 5.24. The number of rotatable bonds is 6.